The van der Waals surface area contributed by atoms with Gasteiger partial charge in [0.2, 0.25) is 0 Å². The van der Waals surface area contributed by atoms with Gasteiger partial charge < -0.3 is 20.4 Å². The zero-order chi connectivity index (χ0) is 41.9. The van der Waals surface area contributed by atoms with Crippen molar-refractivity contribution in [2.24, 2.45) is 0 Å². The van der Waals surface area contributed by atoms with Crippen molar-refractivity contribution in [2.75, 3.05) is 0 Å². The second kappa shape index (κ2) is 15.8. The third kappa shape index (κ3) is 7.68. The minimum absolute atomic E-state index is 0.143. The predicted molar refractivity (Wildman–Crippen MR) is 228 cm³/mol. The number of hydrogen-bond donors (Lipinski definition) is 4. The summed E-state index contributed by atoms with van der Waals surface area (Å²) in [6.45, 7) is 0. The summed E-state index contributed by atoms with van der Waals surface area (Å²) in [4.78, 5) is 45.9. The Morgan fingerprint density at radius 1 is 0.283 bits per heavy atom. The van der Waals surface area contributed by atoms with Crippen LogP contribution in [0.3, 0.4) is 0 Å². The number of carboxylic acids is 4. The van der Waals surface area contributed by atoms with Gasteiger partial charge in [0.1, 0.15) is 0 Å². The van der Waals surface area contributed by atoms with Crippen molar-refractivity contribution < 1.29 is 39.6 Å². The zero-order valence-corrected chi connectivity index (χ0v) is 31.1. The van der Waals surface area contributed by atoms with Gasteiger partial charge >= 0.3 is 23.9 Å². The van der Waals surface area contributed by atoms with Crippen LogP contribution < -0.4 is 0 Å². The first-order chi connectivity index (χ1) is 29.0. The number of benzene rings is 8. The summed E-state index contributed by atoms with van der Waals surface area (Å²) in [5.74, 6) is 21.7. The summed E-state index contributed by atoms with van der Waals surface area (Å²) in [5.41, 5.74) is 5.65. The Bertz CT molecular complexity index is 2900. The standard InChI is InChI=1S/C52H26O8/c53-49(54)35-13-1-31(2-14-35)9-21-39-29-40(22-10-32-3-15-36(16-4-32)50(55)56)44-27-28-46-42(24-12-34-7-19-38(20-8-34)52(59)60)30-41(45-26-25-43(39)47(44)48(45)46)23-11-33-5-17-37(18-6-33)51(57)58/h1-8,13-20,25-30H,(H,53,54)(H,55,56)(H,57,58)(H,59,60). The molecule has 8 aromatic rings. The molecule has 0 atom stereocenters. The lowest BCUT2D eigenvalue weighted by Crippen LogP contribution is -1.96. The lowest BCUT2D eigenvalue weighted by atomic mass is 9.86. The maximum Gasteiger partial charge on any atom is 0.335 e. The van der Waals surface area contributed by atoms with Crippen LogP contribution in [0.5, 0.6) is 0 Å². The lowest BCUT2D eigenvalue weighted by Gasteiger charge is -2.16. The second-order valence-corrected chi connectivity index (χ2v) is 13.5. The molecule has 0 radical (unpaired) electrons. The summed E-state index contributed by atoms with van der Waals surface area (Å²) in [7, 11) is 0. The Hall–Kier alpha value is -9.08. The molecule has 4 N–H and O–H groups in total. The number of carbonyl (C=O) groups is 4. The van der Waals surface area contributed by atoms with Crippen molar-refractivity contribution in [2.45, 2.75) is 0 Å². The second-order valence-electron chi connectivity index (χ2n) is 13.5. The highest BCUT2D eigenvalue weighted by atomic mass is 16.4. The van der Waals surface area contributed by atoms with Gasteiger partial charge in [-0.25, -0.2) is 19.2 Å². The van der Waals surface area contributed by atoms with Gasteiger partial charge in [-0.15, -0.1) is 0 Å². The molecule has 0 fully saturated rings. The largest absolute Gasteiger partial charge is 0.478 e. The number of rotatable bonds is 4. The Balaban J connectivity index is 1.38. The van der Waals surface area contributed by atoms with Gasteiger partial charge in [-0.05, 0) is 142 Å². The Morgan fingerprint density at radius 3 is 0.667 bits per heavy atom. The molecule has 0 spiro atoms. The molecule has 0 saturated heterocycles. The molecule has 8 heteroatoms. The minimum Gasteiger partial charge on any atom is -0.478 e. The van der Waals surface area contributed by atoms with E-state index in [0.29, 0.717) is 44.5 Å². The van der Waals surface area contributed by atoms with Gasteiger partial charge in [-0.2, -0.15) is 0 Å². The lowest BCUT2D eigenvalue weighted by molar-refractivity contribution is 0.0686. The molecule has 0 bridgehead atoms. The van der Waals surface area contributed by atoms with Crippen LogP contribution in [0.4, 0.5) is 0 Å². The van der Waals surface area contributed by atoms with E-state index in [9.17, 15) is 39.6 Å². The Kier molecular flexibility index (Phi) is 9.97. The first-order valence-corrected chi connectivity index (χ1v) is 18.2. The van der Waals surface area contributed by atoms with Crippen molar-refractivity contribution in [3.8, 4) is 47.4 Å². The highest BCUT2D eigenvalue weighted by molar-refractivity contribution is 6.26. The highest BCUT2D eigenvalue weighted by Gasteiger charge is 2.17. The van der Waals surface area contributed by atoms with E-state index in [2.05, 4.69) is 47.4 Å². The first kappa shape index (κ1) is 37.8. The normalized spacial score (nSPS) is 10.3. The average molecular weight is 779 g/mol. The summed E-state index contributed by atoms with van der Waals surface area (Å²) in [5, 5.41) is 42.6. The van der Waals surface area contributed by atoms with Gasteiger partial charge in [0.15, 0.2) is 0 Å². The third-order valence-electron chi connectivity index (χ3n) is 9.79. The summed E-state index contributed by atoms with van der Waals surface area (Å²) >= 11 is 0. The van der Waals surface area contributed by atoms with Crippen LogP contribution in [0.15, 0.2) is 133 Å². The van der Waals surface area contributed by atoms with Crippen molar-refractivity contribution in [1.29, 1.82) is 0 Å². The van der Waals surface area contributed by atoms with E-state index >= 15 is 0 Å². The molecule has 8 nitrogen and oxygen atoms in total. The first-order valence-electron chi connectivity index (χ1n) is 18.2. The van der Waals surface area contributed by atoms with Crippen molar-refractivity contribution in [1.82, 2.24) is 0 Å². The fourth-order valence-corrected chi connectivity index (χ4v) is 6.75. The Morgan fingerprint density at radius 2 is 0.483 bits per heavy atom. The molecule has 0 aliphatic heterocycles. The highest BCUT2D eigenvalue weighted by Crippen LogP contribution is 2.40. The Labute approximate surface area is 342 Å². The summed E-state index contributed by atoms with van der Waals surface area (Å²) in [6.07, 6.45) is 0. The quantitative estimate of drug-likeness (QED) is 0.102. The maximum atomic E-state index is 11.5. The summed E-state index contributed by atoms with van der Waals surface area (Å²) in [6, 6.07) is 36.9. The van der Waals surface area contributed by atoms with Crippen LogP contribution >= 0.6 is 0 Å². The fraction of sp³-hybridized carbons (Fsp3) is 0. The number of carboxylic acid groups (broad SMARTS) is 4. The monoisotopic (exact) mass is 778 g/mol. The molecule has 0 aliphatic rings. The van der Waals surface area contributed by atoms with Crippen LogP contribution in [-0.4, -0.2) is 44.3 Å². The van der Waals surface area contributed by atoms with E-state index < -0.39 is 23.9 Å². The van der Waals surface area contributed by atoms with Crippen LogP contribution in [-0.2, 0) is 0 Å². The van der Waals surface area contributed by atoms with Gasteiger partial charge in [-0.1, -0.05) is 71.6 Å². The van der Waals surface area contributed by atoms with E-state index in [0.717, 1.165) is 32.3 Å². The van der Waals surface area contributed by atoms with Crippen LogP contribution in [0.2, 0.25) is 0 Å². The summed E-state index contributed by atoms with van der Waals surface area (Å²) < 4.78 is 0. The molecule has 0 aliphatic carbocycles. The van der Waals surface area contributed by atoms with Crippen LogP contribution in [0.1, 0.15) is 85.9 Å². The molecule has 0 aromatic heterocycles. The van der Waals surface area contributed by atoms with Crippen molar-refractivity contribution in [3.63, 3.8) is 0 Å². The molecular formula is C52H26O8. The molecule has 0 heterocycles. The van der Waals surface area contributed by atoms with Gasteiger partial charge in [0.25, 0.3) is 0 Å². The molecular weight excluding hydrogens is 753 g/mol. The average Bonchev–Trinajstić information content (AvgIpc) is 3.26. The number of aromatic carboxylic acids is 4. The fourth-order valence-electron chi connectivity index (χ4n) is 6.75. The SMILES string of the molecule is O=C(O)c1ccc(C#Cc2cc(C#Cc3ccc(C(=O)O)cc3)c3ccc4c(C#Cc5ccc(C(=O)O)cc5)cc(C#Cc5ccc(C(=O)O)cc5)c5ccc2c3c54)cc1. The molecule has 0 saturated carbocycles. The third-order valence-corrected chi connectivity index (χ3v) is 9.79. The van der Waals surface area contributed by atoms with E-state index in [1.54, 1.807) is 48.5 Å². The van der Waals surface area contributed by atoms with Crippen molar-refractivity contribution in [3.05, 3.63) is 200 Å². The van der Waals surface area contributed by atoms with E-state index in [4.69, 9.17) is 0 Å². The topological polar surface area (TPSA) is 149 Å². The van der Waals surface area contributed by atoms with E-state index in [-0.39, 0.29) is 22.3 Å². The zero-order valence-electron chi connectivity index (χ0n) is 31.1. The molecule has 0 unspecified atom stereocenters. The maximum absolute atomic E-state index is 11.5. The molecule has 8 aromatic carbocycles. The molecule has 8 rings (SSSR count). The van der Waals surface area contributed by atoms with E-state index in [1.165, 1.54) is 48.5 Å². The van der Waals surface area contributed by atoms with Crippen LogP contribution in [0.25, 0.3) is 32.3 Å². The van der Waals surface area contributed by atoms with Crippen molar-refractivity contribution >= 4 is 56.2 Å². The number of hydrogen-bond acceptors (Lipinski definition) is 4. The molecule has 282 valence electrons. The smallest absolute Gasteiger partial charge is 0.335 e. The molecule has 0 amide bonds. The van der Waals surface area contributed by atoms with Gasteiger partial charge in [0.05, 0.1) is 22.3 Å². The predicted octanol–water partition coefficient (Wildman–Crippen LogP) is 8.98. The minimum atomic E-state index is -1.04. The molecule has 60 heavy (non-hydrogen) atoms. The van der Waals surface area contributed by atoms with Crippen LogP contribution in [0, 0.1) is 47.4 Å². The van der Waals surface area contributed by atoms with Gasteiger partial charge in [0, 0.05) is 44.5 Å². The van der Waals surface area contributed by atoms with Gasteiger partial charge in [-0.3, -0.25) is 0 Å². The van der Waals surface area contributed by atoms with E-state index in [1.807, 2.05) is 36.4 Å².